The maximum absolute atomic E-state index is 14.3. The minimum atomic E-state index is -1.04. The van der Waals surface area contributed by atoms with Crippen molar-refractivity contribution in [3.8, 4) is 5.75 Å². The normalized spacial score (nSPS) is 30.1. The van der Waals surface area contributed by atoms with Gasteiger partial charge in [0.2, 0.25) is 23.6 Å². The van der Waals surface area contributed by atoms with Crippen molar-refractivity contribution in [1.82, 2.24) is 20.0 Å². The summed E-state index contributed by atoms with van der Waals surface area (Å²) in [6.07, 6.45) is 2.65. The van der Waals surface area contributed by atoms with Crippen LogP contribution in [0.15, 0.2) is 40.9 Å². The van der Waals surface area contributed by atoms with Crippen LogP contribution < -0.4 is 10.1 Å². The average molecular weight is 814 g/mol. The molecule has 4 amide bonds. The molecule has 0 aliphatic carbocycles. The SMILES string of the molecule is CC[C@H](C)[C@H]1C(=O)N(C)[C@@H](C)C(=O)O[C@H](C(C)(C)C)C[C@@H](C)C[C@H](O)CC2=N[C@@H](/C=C(\C)C(=O)NC(Cc3ccc(OC)cc3)C(=O)N(C)[C@@H](C)C(=O)N1C)CS2. The summed E-state index contributed by atoms with van der Waals surface area (Å²) in [7, 11) is 6.15. The van der Waals surface area contributed by atoms with Gasteiger partial charge in [-0.15, -0.1) is 11.8 Å². The van der Waals surface area contributed by atoms with Crippen LogP contribution in [0.25, 0.3) is 0 Å². The van der Waals surface area contributed by atoms with E-state index in [9.17, 15) is 29.1 Å². The molecule has 57 heavy (non-hydrogen) atoms. The Morgan fingerprint density at radius 3 is 2.14 bits per heavy atom. The third kappa shape index (κ3) is 12.8. The van der Waals surface area contributed by atoms with Crippen LogP contribution in [0.1, 0.15) is 93.6 Å². The maximum Gasteiger partial charge on any atom is 0.328 e. The third-order valence-electron chi connectivity index (χ3n) is 11.4. The van der Waals surface area contributed by atoms with Crippen LogP contribution in [-0.4, -0.2) is 131 Å². The fourth-order valence-electron chi connectivity index (χ4n) is 7.11. The second-order valence-electron chi connectivity index (χ2n) is 17.1. The number of hydrogen-bond donors (Lipinski definition) is 2. The van der Waals surface area contributed by atoms with E-state index in [-0.39, 0.29) is 24.3 Å². The van der Waals surface area contributed by atoms with E-state index < -0.39 is 71.4 Å². The second-order valence-corrected chi connectivity index (χ2v) is 18.2. The Balaban J connectivity index is 2.06. The molecule has 0 aromatic heterocycles. The minimum Gasteiger partial charge on any atom is -0.497 e. The molecular weight excluding hydrogens is 747 g/mol. The molecule has 0 radical (unpaired) electrons. The first-order valence-corrected chi connectivity index (χ1v) is 21.1. The van der Waals surface area contributed by atoms with Gasteiger partial charge in [-0.25, -0.2) is 4.79 Å². The van der Waals surface area contributed by atoms with Gasteiger partial charge in [-0.05, 0) is 68.6 Å². The molecule has 318 valence electrons. The van der Waals surface area contributed by atoms with Gasteiger partial charge in [0.25, 0.3) is 0 Å². The Hall–Kier alpha value is -3.91. The number of fused-ring (bicyclic) bond motifs is 1. The number of nitrogens with zero attached hydrogens (tertiary/aromatic N) is 4. The van der Waals surface area contributed by atoms with Crippen molar-refractivity contribution < 1.29 is 38.6 Å². The molecule has 0 spiro atoms. The highest BCUT2D eigenvalue weighted by atomic mass is 32.2. The number of rotatable bonds is 5. The molecule has 1 aromatic rings. The number of cyclic esters (lactones) is 1. The van der Waals surface area contributed by atoms with Gasteiger partial charge in [0.1, 0.15) is 36.0 Å². The molecule has 1 unspecified atom stereocenters. The summed E-state index contributed by atoms with van der Waals surface area (Å²) >= 11 is 1.54. The van der Waals surface area contributed by atoms with Crippen molar-refractivity contribution >= 4 is 46.4 Å². The summed E-state index contributed by atoms with van der Waals surface area (Å²) in [6, 6.07) is 2.95. The zero-order valence-electron chi connectivity index (χ0n) is 36.3. The van der Waals surface area contributed by atoms with E-state index in [2.05, 4.69) is 5.32 Å². The highest BCUT2D eigenvalue weighted by molar-refractivity contribution is 8.14. The van der Waals surface area contributed by atoms with Gasteiger partial charge in [0, 0.05) is 45.3 Å². The number of nitrogens with one attached hydrogen (secondary N) is 1. The van der Waals surface area contributed by atoms with Crippen LogP contribution in [0, 0.1) is 17.3 Å². The maximum atomic E-state index is 14.3. The van der Waals surface area contributed by atoms with E-state index in [0.29, 0.717) is 42.8 Å². The van der Waals surface area contributed by atoms with Crippen LogP contribution in [0.5, 0.6) is 5.75 Å². The van der Waals surface area contributed by atoms with Gasteiger partial charge < -0.3 is 34.6 Å². The predicted molar refractivity (Wildman–Crippen MR) is 225 cm³/mol. The first kappa shape index (κ1) is 47.5. The van der Waals surface area contributed by atoms with Gasteiger partial charge in [0.15, 0.2) is 0 Å². The first-order valence-electron chi connectivity index (χ1n) is 20.1. The largest absolute Gasteiger partial charge is 0.497 e. The van der Waals surface area contributed by atoms with Crippen molar-refractivity contribution in [2.75, 3.05) is 34.0 Å². The molecule has 3 rings (SSSR count). The molecule has 2 aliphatic heterocycles. The molecular formula is C43H67N5O8S. The van der Waals surface area contributed by atoms with E-state index in [1.807, 2.05) is 53.7 Å². The lowest BCUT2D eigenvalue weighted by Gasteiger charge is -2.39. The minimum absolute atomic E-state index is 0.00190. The van der Waals surface area contributed by atoms with Crippen molar-refractivity contribution in [3.05, 3.63) is 41.5 Å². The molecule has 0 saturated carbocycles. The molecule has 0 saturated heterocycles. The van der Waals surface area contributed by atoms with Crippen molar-refractivity contribution in [3.63, 3.8) is 0 Å². The van der Waals surface area contributed by atoms with Crippen LogP contribution >= 0.6 is 11.8 Å². The zero-order chi connectivity index (χ0) is 42.9. The fraction of sp³-hybridized carbons (Fsp3) is 0.674. The third-order valence-corrected chi connectivity index (χ3v) is 12.5. The molecule has 2 aliphatic rings. The number of thioether (sulfide) groups is 1. The Labute approximate surface area is 344 Å². The molecule has 13 nitrogen and oxygen atoms in total. The monoisotopic (exact) mass is 813 g/mol. The Morgan fingerprint density at radius 1 is 0.947 bits per heavy atom. The quantitative estimate of drug-likeness (QED) is 0.395. The molecule has 2 heterocycles. The van der Waals surface area contributed by atoms with Crippen LogP contribution in [0.2, 0.25) is 0 Å². The van der Waals surface area contributed by atoms with Crippen LogP contribution in [0.4, 0.5) is 0 Å². The standard InChI is InChI=1S/C43H67N5O8S/c1-14-26(3)37-41(53)47(11)29(6)42(54)56-35(43(7,8)9)20-25(2)19-32(49)23-36-44-31(24-57-36)21-27(4)38(50)45-34(22-30-15-17-33(55-13)18-16-30)40(52)46(10)28(5)39(51)48(37)12/h15-18,21,25-26,28-29,31-32,34-35,37,49H,14,19-20,22-24H2,1-13H3,(H,45,50)/b27-21+/t25-,26-,28-,29-,31-,32-,34?,35-,37-/m0/s1. The molecule has 1 aromatic carbocycles. The summed E-state index contributed by atoms with van der Waals surface area (Å²) in [5.74, 6) is -1.43. The zero-order valence-corrected chi connectivity index (χ0v) is 37.1. The molecule has 9 atom stereocenters. The van der Waals surface area contributed by atoms with Gasteiger partial charge in [-0.1, -0.05) is 66.2 Å². The summed E-state index contributed by atoms with van der Waals surface area (Å²) in [4.78, 5) is 79.0. The number of likely N-dealkylation sites (N-methyl/N-ethyl adjacent to an activating group) is 3. The lowest BCUT2D eigenvalue weighted by Crippen LogP contribution is -2.59. The molecule has 2 N–H and O–H groups in total. The fourth-order valence-corrected chi connectivity index (χ4v) is 8.16. The number of aliphatic hydroxyl groups is 1. The lowest BCUT2D eigenvalue weighted by molar-refractivity contribution is -0.166. The topological polar surface area (TPSA) is 158 Å². The second kappa shape index (κ2) is 20.7. The van der Waals surface area contributed by atoms with Crippen molar-refractivity contribution in [2.45, 2.75) is 137 Å². The van der Waals surface area contributed by atoms with E-state index in [1.165, 1.54) is 28.8 Å². The number of hydrogen-bond acceptors (Lipinski definition) is 10. The van der Waals surface area contributed by atoms with E-state index in [0.717, 1.165) is 10.6 Å². The number of amides is 4. The molecule has 0 fully saturated rings. The lowest BCUT2D eigenvalue weighted by atomic mass is 9.82. The summed E-state index contributed by atoms with van der Waals surface area (Å²) in [6.45, 7) is 16.7. The van der Waals surface area contributed by atoms with Crippen molar-refractivity contribution in [2.24, 2.45) is 22.2 Å². The molecule has 14 heteroatoms. The number of aliphatic hydroxyl groups excluding tert-OH is 1. The van der Waals surface area contributed by atoms with Crippen LogP contribution in [0.3, 0.4) is 0 Å². The summed E-state index contributed by atoms with van der Waals surface area (Å²) in [5.41, 5.74) is 0.737. The van der Waals surface area contributed by atoms with E-state index >= 15 is 0 Å². The van der Waals surface area contributed by atoms with E-state index in [1.54, 1.807) is 64.9 Å². The van der Waals surface area contributed by atoms with Gasteiger partial charge in [-0.3, -0.25) is 24.2 Å². The number of benzene rings is 1. The predicted octanol–water partition coefficient (Wildman–Crippen LogP) is 4.89. The summed E-state index contributed by atoms with van der Waals surface area (Å²) in [5, 5.41) is 14.8. The molecule has 2 bridgehead atoms. The highest BCUT2D eigenvalue weighted by Crippen LogP contribution is 2.32. The Bertz CT molecular complexity index is 1640. The number of esters is 1. The number of ether oxygens (including phenoxy) is 2. The number of carbonyl (C=O) groups excluding carboxylic acids is 5. The number of aliphatic imine (C=N–C) groups is 1. The first-order chi connectivity index (χ1) is 26.6. The van der Waals surface area contributed by atoms with Gasteiger partial charge in [0.05, 0.1) is 24.3 Å². The highest BCUT2D eigenvalue weighted by Gasteiger charge is 2.41. The Morgan fingerprint density at radius 2 is 1.56 bits per heavy atom. The smallest absolute Gasteiger partial charge is 0.328 e. The summed E-state index contributed by atoms with van der Waals surface area (Å²) < 4.78 is 11.4. The van der Waals surface area contributed by atoms with Crippen molar-refractivity contribution in [1.29, 1.82) is 0 Å². The van der Waals surface area contributed by atoms with E-state index in [4.69, 9.17) is 14.5 Å². The Kier molecular flexibility index (Phi) is 17.2. The number of carbonyl (C=O) groups is 5. The van der Waals surface area contributed by atoms with Gasteiger partial charge in [-0.2, -0.15) is 0 Å². The van der Waals surface area contributed by atoms with Crippen LogP contribution in [-0.2, 0) is 35.1 Å². The number of methoxy groups -OCH3 is 1. The van der Waals surface area contributed by atoms with Gasteiger partial charge >= 0.3 is 5.97 Å². The average Bonchev–Trinajstić information content (AvgIpc) is 3.60.